The standard InChI is InChI=1S/C59H37NS/c1-2-23-52-50(21-1)51-22-3-4-24-53(51)56-36-47(27-28-54(52)56)45-18-8-16-43(34-45)41-14-6-12-39(32-41)38-11-5-13-40(31-38)42-15-7-17-44(33-42)46-19-9-20-48(35-46)49-25-10-26-55-57-37-60-30-29-58(57)61-59(49)55/h1-37H. The zero-order valence-electron chi connectivity index (χ0n) is 33.2. The maximum absolute atomic E-state index is 4.40. The second kappa shape index (κ2) is 14.6. The molecule has 1 nitrogen and oxygen atoms in total. The van der Waals surface area contributed by atoms with Crippen LogP contribution in [0.15, 0.2) is 225 Å². The molecule has 2 aromatic heterocycles. The van der Waals surface area contributed by atoms with Crippen LogP contribution >= 0.6 is 11.3 Å². The van der Waals surface area contributed by atoms with Crippen molar-refractivity contribution in [1.82, 2.24) is 4.98 Å². The van der Waals surface area contributed by atoms with Gasteiger partial charge in [0.25, 0.3) is 0 Å². The van der Waals surface area contributed by atoms with Gasteiger partial charge in [-0.05, 0) is 142 Å². The first-order chi connectivity index (χ1) is 30.2. The van der Waals surface area contributed by atoms with Crippen molar-refractivity contribution < 1.29 is 0 Å². The lowest BCUT2D eigenvalue weighted by atomic mass is 9.91. The second-order valence-corrected chi connectivity index (χ2v) is 17.0. The van der Waals surface area contributed by atoms with E-state index < -0.39 is 0 Å². The van der Waals surface area contributed by atoms with E-state index in [4.69, 9.17) is 0 Å². The van der Waals surface area contributed by atoms with Crippen LogP contribution in [0.25, 0.3) is 119 Å². The second-order valence-electron chi connectivity index (χ2n) is 15.9. The van der Waals surface area contributed by atoms with Crippen molar-refractivity contribution >= 4 is 63.8 Å². The lowest BCUT2D eigenvalue weighted by Crippen LogP contribution is -1.86. The van der Waals surface area contributed by atoms with E-state index in [0.29, 0.717) is 0 Å². The number of thiophene rings is 1. The molecular formula is C59H37NS. The molecule has 10 aromatic carbocycles. The van der Waals surface area contributed by atoms with Crippen molar-refractivity contribution in [2.75, 3.05) is 0 Å². The first-order valence-electron chi connectivity index (χ1n) is 20.8. The van der Waals surface area contributed by atoms with E-state index in [-0.39, 0.29) is 0 Å². The average molecular weight is 792 g/mol. The number of aromatic nitrogens is 1. The lowest BCUT2D eigenvalue weighted by molar-refractivity contribution is 1.37. The molecule has 0 N–H and O–H groups in total. The van der Waals surface area contributed by atoms with Crippen molar-refractivity contribution in [3.8, 4) is 66.8 Å². The molecule has 0 unspecified atom stereocenters. The maximum Gasteiger partial charge on any atom is 0.0434 e. The van der Waals surface area contributed by atoms with Gasteiger partial charge in [-0.2, -0.15) is 0 Å². The fourth-order valence-electron chi connectivity index (χ4n) is 9.34. The summed E-state index contributed by atoms with van der Waals surface area (Å²) in [5, 5.41) is 10.3. The highest BCUT2D eigenvalue weighted by Gasteiger charge is 2.13. The van der Waals surface area contributed by atoms with Gasteiger partial charge in [-0.25, -0.2) is 0 Å². The molecule has 0 saturated heterocycles. The minimum absolute atomic E-state index is 1.20. The predicted octanol–water partition coefficient (Wildman–Crippen LogP) is 16.9. The van der Waals surface area contributed by atoms with Crippen molar-refractivity contribution in [1.29, 1.82) is 0 Å². The SMILES string of the molecule is c1cc(-c2cccc(-c3cccc(-c4ccc5c6ccccc6c6ccccc6c5c4)c3)c2)cc(-c2cccc(-c3cccc(-c4cccc5c4sc4ccncc45)c3)c2)c1. The van der Waals surface area contributed by atoms with Crippen LogP contribution < -0.4 is 0 Å². The Morgan fingerprint density at radius 1 is 0.262 bits per heavy atom. The molecule has 0 fully saturated rings. The summed E-state index contributed by atoms with van der Waals surface area (Å²) in [5.41, 5.74) is 14.5. The topological polar surface area (TPSA) is 12.9 Å². The van der Waals surface area contributed by atoms with E-state index in [1.165, 1.54) is 119 Å². The van der Waals surface area contributed by atoms with Gasteiger partial charge in [0, 0.05) is 32.6 Å². The molecule has 0 radical (unpaired) electrons. The van der Waals surface area contributed by atoms with Crippen LogP contribution in [-0.4, -0.2) is 4.98 Å². The third-order valence-electron chi connectivity index (χ3n) is 12.3. The summed E-state index contributed by atoms with van der Waals surface area (Å²) in [7, 11) is 0. The largest absolute Gasteiger partial charge is 0.264 e. The fourth-order valence-corrected chi connectivity index (χ4v) is 10.5. The minimum Gasteiger partial charge on any atom is -0.264 e. The van der Waals surface area contributed by atoms with Crippen molar-refractivity contribution in [2.24, 2.45) is 0 Å². The quantitative estimate of drug-likeness (QED) is 0.153. The van der Waals surface area contributed by atoms with Gasteiger partial charge in [0.1, 0.15) is 0 Å². The number of rotatable bonds is 6. The van der Waals surface area contributed by atoms with Crippen LogP contribution in [-0.2, 0) is 0 Å². The Hall–Kier alpha value is -7.65. The van der Waals surface area contributed by atoms with E-state index in [2.05, 4.69) is 217 Å². The van der Waals surface area contributed by atoms with Crippen LogP contribution in [0.5, 0.6) is 0 Å². The van der Waals surface area contributed by atoms with Gasteiger partial charge in [-0.1, -0.05) is 170 Å². The molecule has 0 aliphatic rings. The number of nitrogens with zero attached hydrogens (tertiary/aromatic N) is 1. The Kier molecular flexibility index (Phi) is 8.43. The van der Waals surface area contributed by atoms with Gasteiger partial charge < -0.3 is 0 Å². The molecule has 2 heteroatoms. The maximum atomic E-state index is 4.40. The molecule has 0 bridgehead atoms. The first-order valence-corrected chi connectivity index (χ1v) is 21.6. The smallest absolute Gasteiger partial charge is 0.0434 e. The Morgan fingerprint density at radius 3 is 1.13 bits per heavy atom. The molecule has 0 aliphatic carbocycles. The summed E-state index contributed by atoms with van der Waals surface area (Å²) >= 11 is 1.84. The highest BCUT2D eigenvalue weighted by atomic mass is 32.1. The van der Waals surface area contributed by atoms with Crippen molar-refractivity contribution in [3.05, 3.63) is 225 Å². The number of benzene rings is 10. The third kappa shape index (κ3) is 6.20. The zero-order valence-corrected chi connectivity index (χ0v) is 34.0. The third-order valence-corrected chi connectivity index (χ3v) is 13.6. The van der Waals surface area contributed by atoms with Gasteiger partial charge in [0.2, 0.25) is 0 Å². The van der Waals surface area contributed by atoms with E-state index in [9.17, 15) is 0 Å². The molecule has 0 saturated carbocycles. The summed E-state index contributed by atoms with van der Waals surface area (Å²) in [6, 6.07) is 78.0. The van der Waals surface area contributed by atoms with E-state index in [0.717, 1.165) is 0 Å². The molecule has 0 amide bonds. The average Bonchev–Trinajstić information content (AvgIpc) is 3.73. The van der Waals surface area contributed by atoms with Crippen molar-refractivity contribution in [2.45, 2.75) is 0 Å². The highest BCUT2D eigenvalue weighted by molar-refractivity contribution is 7.26. The zero-order chi connectivity index (χ0) is 40.3. The summed E-state index contributed by atoms with van der Waals surface area (Å²) in [6.07, 6.45) is 3.87. The van der Waals surface area contributed by atoms with Crippen molar-refractivity contribution in [3.63, 3.8) is 0 Å². The van der Waals surface area contributed by atoms with E-state index in [1.807, 2.05) is 23.7 Å². The fraction of sp³-hybridized carbons (Fsp3) is 0. The highest BCUT2D eigenvalue weighted by Crippen LogP contribution is 2.42. The monoisotopic (exact) mass is 791 g/mol. The van der Waals surface area contributed by atoms with E-state index >= 15 is 0 Å². The van der Waals surface area contributed by atoms with Crippen LogP contribution in [0, 0.1) is 0 Å². The Bertz CT molecular complexity index is 3630. The van der Waals surface area contributed by atoms with Gasteiger partial charge in [0.05, 0.1) is 0 Å². The van der Waals surface area contributed by atoms with Gasteiger partial charge in [-0.3, -0.25) is 4.98 Å². The summed E-state index contributed by atoms with van der Waals surface area (Å²) in [6.45, 7) is 0. The number of hydrogen-bond donors (Lipinski definition) is 0. The first kappa shape index (κ1) is 35.3. The Labute approximate surface area is 358 Å². The minimum atomic E-state index is 1.20. The normalized spacial score (nSPS) is 11.6. The number of hydrogen-bond acceptors (Lipinski definition) is 2. The predicted molar refractivity (Wildman–Crippen MR) is 262 cm³/mol. The van der Waals surface area contributed by atoms with Gasteiger partial charge >= 0.3 is 0 Å². The Morgan fingerprint density at radius 2 is 0.639 bits per heavy atom. The van der Waals surface area contributed by atoms with Crippen LogP contribution in [0.2, 0.25) is 0 Å². The molecule has 0 atom stereocenters. The molecule has 0 aliphatic heterocycles. The van der Waals surface area contributed by atoms with Crippen LogP contribution in [0.4, 0.5) is 0 Å². The molecular weight excluding hydrogens is 755 g/mol. The van der Waals surface area contributed by atoms with Gasteiger partial charge in [0.15, 0.2) is 0 Å². The Balaban J connectivity index is 0.855. The molecule has 284 valence electrons. The number of pyridine rings is 1. The number of fused-ring (bicyclic) bond motifs is 9. The lowest BCUT2D eigenvalue weighted by Gasteiger charge is -2.13. The molecule has 2 heterocycles. The van der Waals surface area contributed by atoms with Gasteiger partial charge in [-0.15, -0.1) is 11.3 Å². The molecule has 0 spiro atoms. The summed E-state index contributed by atoms with van der Waals surface area (Å²) in [4.78, 5) is 4.40. The molecule has 61 heavy (non-hydrogen) atoms. The molecule has 12 rings (SSSR count). The van der Waals surface area contributed by atoms with Crippen LogP contribution in [0.1, 0.15) is 0 Å². The van der Waals surface area contributed by atoms with E-state index in [1.54, 1.807) is 0 Å². The summed E-state index contributed by atoms with van der Waals surface area (Å²) in [5.74, 6) is 0. The molecule has 12 aromatic rings. The summed E-state index contributed by atoms with van der Waals surface area (Å²) < 4.78 is 2.57. The van der Waals surface area contributed by atoms with Crippen LogP contribution in [0.3, 0.4) is 0 Å².